The van der Waals surface area contributed by atoms with Crippen molar-refractivity contribution in [2.75, 3.05) is 0 Å². The lowest BCUT2D eigenvalue weighted by Gasteiger charge is -2.34. The number of nitrogens with zero attached hydrogens (tertiary/aromatic N) is 1. The topological polar surface area (TPSA) is 4.93 Å². The molecule has 4 aromatic carbocycles. The molecule has 1 nitrogen and oxygen atoms in total. The van der Waals surface area contributed by atoms with Crippen LogP contribution >= 0.6 is 0 Å². The van der Waals surface area contributed by atoms with Crippen LogP contribution in [0.1, 0.15) is 51.1 Å². The number of hydrogen-bond acceptors (Lipinski definition) is 0. The van der Waals surface area contributed by atoms with Gasteiger partial charge in [0, 0.05) is 22.3 Å². The maximum Gasteiger partial charge on any atom is 0.0720 e. The second-order valence-corrected chi connectivity index (χ2v) is 11.2. The van der Waals surface area contributed by atoms with Crippen LogP contribution in [0.15, 0.2) is 121 Å². The fourth-order valence-electron chi connectivity index (χ4n) is 7.17. The zero-order chi connectivity index (χ0) is 26.1. The highest BCUT2D eigenvalue weighted by molar-refractivity contribution is 5.97. The minimum Gasteiger partial charge on any atom is -0.313 e. The second kappa shape index (κ2) is 8.21. The molecule has 39 heavy (non-hydrogen) atoms. The molecule has 0 saturated carbocycles. The second-order valence-electron chi connectivity index (χ2n) is 11.2. The molecule has 0 fully saturated rings. The molecule has 186 valence electrons. The molecule has 5 aromatic rings. The molecule has 1 heteroatoms. The first-order valence-corrected chi connectivity index (χ1v) is 13.9. The fourth-order valence-corrected chi connectivity index (χ4v) is 7.17. The smallest absolute Gasteiger partial charge is 0.0720 e. The Balaban J connectivity index is 1.47. The van der Waals surface area contributed by atoms with Gasteiger partial charge in [-0.1, -0.05) is 90.0 Å². The summed E-state index contributed by atoms with van der Waals surface area (Å²) in [5.41, 5.74) is 18.9. The van der Waals surface area contributed by atoms with E-state index in [1.54, 1.807) is 0 Å². The lowest BCUT2D eigenvalue weighted by molar-refractivity contribution is 0.763. The van der Waals surface area contributed by atoms with E-state index >= 15 is 0 Å². The Labute approximate surface area is 229 Å². The summed E-state index contributed by atoms with van der Waals surface area (Å²) in [6.45, 7) is 4.36. The van der Waals surface area contributed by atoms with Crippen LogP contribution in [0.2, 0.25) is 0 Å². The van der Waals surface area contributed by atoms with E-state index in [2.05, 4.69) is 139 Å². The number of benzene rings is 4. The van der Waals surface area contributed by atoms with E-state index in [0.717, 1.165) is 12.8 Å². The molecule has 1 unspecified atom stereocenters. The molecule has 0 spiro atoms. The third-order valence-electron chi connectivity index (χ3n) is 8.89. The van der Waals surface area contributed by atoms with Crippen LogP contribution in [0.25, 0.3) is 28.2 Å². The van der Waals surface area contributed by atoms with Crippen molar-refractivity contribution < 1.29 is 0 Å². The number of para-hydroxylation sites is 1. The van der Waals surface area contributed by atoms with Crippen LogP contribution in [-0.4, -0.2) is 4.57 Å². The molecule has 0 saturated heterocycles. The number of allylic oxidation sites excluding steroid dienone is 4. The Morgan fingerprint density at radius 3 is 2.41 bits per heavy atom. The third-order valence-corrected chi connectivity index (χ3v) is 8.89. The molecule has 0 radical (unpaired) electrons. The average Bonchev–Trinajstić information content (AvgIpc) is 3.65. The number of fused-ring (bicyclic) bond motifs is 5. The maximum absolute atomic E-state index is 3.46. The van der Waals surface area contributed by atoms with E-state index in [1.807, 2.05) is 0 Å². The Hall–Kier alpha value is -4.58. The first kappa shape index (κ1) is 22.4. The van der Waals surface area contributed by atoms with Gasteiger partial charge >= 0.3 is 0 Å². The van der Waals surface area contributed by atoms with Crippen molar-refractivity contribution >= 4 is 22.6 Å². The summed E-state index contributed by atoms with van der Waals surface area (Å²) >= 11 is 0. The summed E-state index contributed by atoms with van der Waals surface area (Å²) < 4.78 is 2.48. The van der Waals surface area contributed by atoms with E-state index in [4.69, 9.17) is 0 Å². The standard InChI is InChI=1S/C38H29N/c1-25-15-18-27(19-16-25)38(34-13-8-12-30(34)32-23-26(2)17-21-35(32)38)28-20-22-37-33(24-28)31-11-6-7-14-36(31)39(37)29-9-4-3-5-10-29/h3-6,9-13,15-24H,7,14H2,1-2H3. The summed E-state index contributed by atoms with van der Waals surface area (Å²) in [4.78, 5) is 0. The van der Waals surface area contributed by atoms with Crippen molar-refractivity contribution in [3.63, 3.8) is 0 Å². The van der Waals surface area contributed by atoms with Crippen LogP contribution in [0.3, 0.4) is 0 Å². The summed E-state index contributed by atoms with van der Waals surface area (Å²) in [6.07, 6.45) is 11.2. The molecule has 0 amide bonds. The highest BCUT2D eigenvalue weighted by Gasteiger charge is 2.47. The van der Waals surface area contributed by atoms with Crippen LogP contribution < -0.4 is 0 Å². The number of hydrogen-bond donors (Lipinski definition) is 0. The van der Waals surface area contributed by atoms with E-state index in [9.17, 15) is 0 Å². The van der Waals surface area contributed by atoms with E-state index < -0.39 is 0 Å². The lowest BCUT2D eigenvalue weighted by atomic mass is 9.66. The van der Waals surface area contributed by atoms with Gasteiger partial charge in [0.2, 0.25) is 0 Å². The molecule has 0 aliphatic heterocycles. The van der Waals surface area contributed by atoms with Gasteiger partial charge in [-0.05, 0) is 96.5 Å². The first-order valence-electron chi connectivity index (χ1n) is 13.9. The Kier molecular flexibility index (Phi) is 4.72. The lowest BCUT2D eigenvalue weighted by Crippen LogP contribution is -2.29. The van der Waals surface area contributed by atoms with Crippen molar-refractivity contribution in [2.24, 2.45) is 0 Å². The van der Waals surface area contributed by atoms with Crippen LogP contribution in [0.4, 0.5) is 0 Å². The van der Waals surface area contributed by atoms with Crippen molar-refractivity contribution in [3.05, 3.63) is 165 Å². The number of aromatic nitrogens is 1. The largest absolute Gasteiger partial charge is 0.313 e. The molecular formula is C38H29N. The minimum absolute atomic E-state index is 0.389. The minimum atomic E-state index is -0.389. The summed E-state index contributed by atoms with van der Waals surface area (Å²) in [7, 11) is 0. The molecule has 1 aromatic heterocycles. The Morgan fingerprint density at radius 2 is 1.56 bits per heavy atom. The Morgan fingerprint density at radius 1 is 0.769 bits per heavy atom. The van der Waals surface area contributed by atoms with Gasteiger partial charge < -0.3 is 4.57 Å². The number of rotatable bonds is 3. The van der Waals surface area contributed by atoms with Crippen molar-refractivity contribution in [1.82, 2.24) is 4.57 Å². The van der Waals surface area contributed by atoms with Gasteiger partial charge in [0.1, 0.15) is 0 Å². The van der Waals surface area contributed by atoms with Crippen LogP contribution in [0, 0.1) is 13.8 Å². The monoisotopic (exact) mass is 499 g/mol. The van der Waals surface area contributed by atoms with Crippen LogP contribution in [-0.2, 0) is 11.8 Å². The van der Waals surface area contributed by atoms with E-state index in [0.29, 0.717) is 0 Å². The molecule has 1 heterocycles. The van der Waals surface area contributed by atoms with E-state index in [-0.39, 0.29) is 5.41 Å². The van der Waals surface area contributed by atoms with Crippen molar-refractivity contribution in [2.45, 2.75) is 32.1 Å². The fraction of sp³-hybridized carbons (Fsp3) is 0.132. The SMILES string of the molecule is Cc1ccc(C2(c3ccc4c(c3)c3c(n4-c4ccccc4)CCC=C3)C3=C(C=C=C3)c3cc(C)ccc32)cc1. The summed E-state index contributed by atoms with van der Waals surface area (Å²) in [6, 6.07) is 34.2. The predicted octanol–water partition coefficient (Wildman–Crippen LogP) is 9.03. The molecular weight excluding hydrogens is 470 g/mol. The number of aryl methyl sites for hydroxylation is 2. The van der Waals surface area contributed by atoms with Gasteiger partial charge in [-0.15, -0.1) is 5.73 Å². The Bertz CT molecular complexity index is 1940. The molecule has 3 aliphatic carbocycles. The predicted molar refractivity (Wildman–Crippen MR) is 162 cm³/mol. The van der Waals surface area contributed by atoms with Gasteiger partial charge in [-0.25, -0.2) is 0 Å². The van der Waals surface area contributed by atoms with Gasteiger partial charge in [-0.3, -0.25) is 0 Å². The molecule has 0 N–H and O–H groups in total. The van der Waals surface area contributed by atoms with Crippen molar-refractivity contribution in [3.8, 4) is 5.69 Å². The van der Waals surface area contributed by atoms with Gasteiger partial charge in [0.25, 0.3) is 0 Å². The first-order chi connectivity index (χ1) is 19.2. The highest BCUT2D eigenvalue weighted by atomic mass is 15.0. The van der Waals surface area contributed by atoms with Gasteiger partial charge in [-0.2, -0.15) is 0 Å². The zero-order valence-electron chi connectivity index (χ0n) is 22.3. The average molecular weight is 500 g/mol. The molecule has 1 atom stereocenters. The van der Waals surface area contributed by atoms with Crippen LogP contribution in [0.5, 0.6) is 0 Å². The molecule has 0 bridgehead atoms. The highest BCUT2D eigenvalue weighted by Crippen LogP contribution is 2.57. The van der Waals surface area contributed by atoms with Gasteiger partial charge in [0.15, 0.2) is 0 Å². The quantitative estimate of drug-likeness (QED) is 0.218. The maximum atomic E-state index is 3.46. The van der Waals surface area contributed by atoms with Gasteiger partial charge in [0.05, 0.1) is 10.9 Å². The zero-order valence-corrected chi connectivity index (χ0v) is 22.3. The summed E-state index contributed by atoms with van der Waals surface area (Å²) in [5.74, 6) is 0. The van der Waals surface area contributed by atoms with Crippen molar-refractivity contribution in [1.29, 1.82) is 0 Å². The summed E-state index contributed by atoms with van der Waals surface area (Å²) in [5, 5.41) is 1.33. The third kappa shape index (κ3) is 3.03. The normalized spacial score (nSPS) is 18.6. The molecule has 3 aliphatic rings. The molecule has 8 rings (SSSR count). The van der Waals surface area contributed by atoms with E-state index in [1.165, 1.54) is 72.4 Å².